The molecule has 1 aliphatic rings. The summed E-state index contributed by atoms with van der Waals surface area (Å²) in [6.07, 6.45) is 10.2. The lowest BCUT2D eigenvalue weighted by atomic mass is 9.64. The Morgan fingerprint density at radius 2 is 1.89 bits per heavy atom. The van der Waals surface area contributed by atoms with Crippen molar-refractivity contribution in [3.8, 4) is 0 Å². The van der Waals surface area contributed by atoms with Crippen molar-refractivity contribution < 1.29 is 4.79 Å². The van der Waals surface area contributed by atoms with Gasteiger partial charge in [0.1, 0.15) is 0 Å². The van der Waals surface area contributed by atoms with Gasteiger partial charge >= 0.3 is 0 Å². The molecule has 1 aliphatic carbocycles. The van der Waals surface area contributed by atoms with E-state index in [1.54, 1.807) is 0 Å². The first kappa shape index (κ1) is 16.5. The van der Waals surface area contributed by atoms with Crippen molar-refractivity contribution >= 4 is 5.91 Å². The lowest BCUT2D eigenvalue weighted by Gasteiger charge is -2.43. The first-order valence-electron chi connectivity index (χ1n) is 8.05. The Kier molecular flexibility index (Phi) is 7.44. The van der Waals surface area contributed by atoms with Crippen LogP contribution in [0.5, 0.6) is 0 Å². The van der Waals surface area contributed by atoms with Crippen molar-refractivity contribution in [2.45, 2.75) is 71.6 Å². The molecule has 0 aliphatic heterocycles. The molecule has 0 aromatic heterocycles. The summed E-state index contributed by atoms with van der Waals surface area (Å²) in [6.45, 7) is 6.22. The molecule has 0 heterocycles. The minimum absolute atomic E-state index is 0.239. The Hall–Kier alpha value is -0.570. The Labute approximate surface area is 118 Å². The smallest absolute Gasteiger partial charge is 0.220 e. The Bertz CT molecular complexity index is 259. The van der Waals surface area contributed by atoms with Crippen molar-refractivity contribution in [2.75, 3.05) is 13.1 Å². The summed E-state index contributed by atoms with van der Waals surface area (Å²) in [4.78, 5) is 11.8. The lowest BCUT2D eigenvalue weighted by Crippen LogP contribution is -2.42. The molecule has 19 heavy (non-hydrogen) atoms. The molecular formula is C16H32N2O. The predicted molar refractivity (Wildman–Crippen MR) is 80.9 cm³/mol. The molecule has 0 atom stereocenters. The number of rotatable bonds is 10. The van der Waals surface area contributed by atoms with Gasteiger partial charge in [0.15, 0.2) is 0 Å². The van der Waals surface area contributed by atoms with Crippen molar-refractivity contribution in [3.63, 3.8) is 0 Å². The van der Waals surface area contributed by atoms with E-state index in [0.717, 1.165) is 44.7 Å². The van der Waals surface area contributed by atoms with Gasteiger partial charge in [0.2, 0.25) is 5.91 Å². The highest BCUT2D eigenvalue weighted by atomic mass is 16.1. The number of carbonyl (C=O) groups excluding carboxylic acids is 1. The van der Waals surface area contributed by atoms with Gasteiger partial charge in [0, 0.05) is 13.0 Å². The van der Waals surface area contributed by atoms with Crippen LogP contribution in [0.25, 0.3) is 0 Å². The van der Waals surface area contributed by atoms with Crippen LogP contribution >= 0.6 is 0 Å². The van der Waals surface area contributed by atoms with Gasteiger partial charge in [-0.05, 0) is 50.0 Å². The SMILES string of the molecule is CC(C)CC1(CNC(=O)CCCCCCN)CCC1. The first-order valence-corrected chi connectivity index (χ1v) is 8.05. The highest BCUT2D eigenvalue weighted by Gasteiger charge is 2.37. The number of amides is 1. The second kappa shape index (κ2) is 8.57. The number of nitrogens with two attached hydrogens (primary N) is 1. The van der Waals surface area contributed by atoms with E-state index in [4.69, 9.17) is 5.73 Å². The Balaban J connectivity index is 2.11. The molecule has 0 radical (unpaired) electrons. The van der Waals surface area contributed by atoms with E-state index >= 15 is 0 Å². The predicted octanol–water partition coefficient (Wildman–Crippen LogP) is 3.23. The molecule has 3 heteroatoms. The van der Waals surface area contributed by atoms with Crippen molar-refractivity contribution in [2.24, 2.45) is 17.1 Å². The summed E-state index contributed by atoms with van der Waals surface area (Å²) in [5.41, 5.74) is 5.87. The van der Waals surface area contributed by atoms with Crippen LogP contribution in [0.2, 0.25) is 0 Å². The van der Waals surface area contributed by atoms with Crippen LogP contribution in [0.1, 0.15) is 71.6 Å². The fourth-order valence-corrected chi connectivity index (χ4v) is 3.15. The van der Waals surface area contributed by atoms with Gasteiger partial charge in [-0.2, -0.15) is 0 Å². The van der Waals surface area contributed by atoms with Crippen LogP contribution < -0.4 is 11.1 Å². The maximum Gasteiger partial charge on any atom is 0.220 e. The van der Waals surface area contributed by atoms with Crippen molar-refractivity contribution in [3.05, 3.63) is 0 Å². The van der Waals surface area contributed by atoms with E-state index in [2.05, 4.69) is 19.2 Å². The average Bonchev–Trinajstić information content (AvgIpc) is 2.31. The van der Waals surface area contributed by atoms with Crippen LogP contribution in [0.3, 0.4) is 0 Å². The molecule has 0 aromatic carbocycles. The molecule has 0 unspecified atom stereocenters. The second-order valence-electron chi connectivity index (χ2n) is 6.68. The second-order valence-corrected chi connectivity index (χ2v) is 6.68. The number of hydrogen-bond donors (Lipinski definition) is 2. The molecule has 1 amide bonds. The fraction of sp³-hybridized carbons (Fsp3) is 0.938. The molecule has 1 saturated carbocycles. The largest absolute Gasteiger partial charge is 0.356 e. The third-order valence-electron chi connectivity index (χ3n) is 4.27. The molecule has 1 rings (SSSR count). The Morgan fingerprint density at radius 1 is 1.21 bits per heavy atom. The molecule has 0 bridgehead atoms. The zero-order chi connectivity index (χ0) is 14.1. The van der Waals surface area contributed by atoms with Crippen LogP contribution in [-0.4, -0.2) is 19.0 Å². The van der Waals surface area contributed by atoms with Gasteiger partial charge in [0.25, 0.3) is 0 Å². The van der Waals surface area contributed by atoms with E-state index in [9.17, 15) is 4.79 Å². The normalized spacial score (nSPS) is 17.3. The number of nitrogens with one attached hydrogen (secondary N) is 1. The summed E-state index contributed by atoms with van der Waals surface area (Å²) >= 11 is 0. The third kappa shape index (κ3) is 6.42. The van der Waals surface area contributed by atoms with Crippen LogP contribution in [0.4, 0.5) is 0 Å². The van der Waals surface area contributed by atoms with Gasteiger partial charge in [-0.15, -0.1) is 0 Å². The summed E-state index contributed by atoms with van der Waals surface area (Å²) in [7, 11) is 0. The monoisotopic (exact) mass is 268 g/mol. The Morgan fingerprint density at radius 3 is 2.42 bits per heavy atom. The van der Waals surface area contributed by atoms with E-state index in [1.807, 2.05) is 0 Å². The number of hydrogen-bond acceptors (Lipinski definition) is 2. The minimum atomic E-state index is 0.239. The van der Waals surface area contributed by atoms with Gasteiger partial charge < -0.3 is 11.1 Å². The van der Waals surface area contributed by atoms with E-state index in [0.29, 0.717) is 11.8 Å². The van der Waals surface area contributed by atoms with Gasteiger partial charge in [0.05, 0.1) is 0 Å². The van der Waals surface area contributed by atoms with Gasteiger partial charge in [-0.25, -0.2) is 0 Å². The minimum Gasteiger partial charge on any atom is -0.356 e. The molecule has 0 spiro atoms. The highest BCUT2D eigenvalue weighted by molar-refractivity contribution is 5.75. The standard InChI is InChI=1S/C16H32N2O/c1-14(2)12-16(9-7-10-16)13-18-15(19)8-5-3-4-6-11-17/h14H,3-13,17H2,1-2H3,(H,18,19). The van der Waals surface area contributed by atoms with Crippen LogP contribution in [0.15, 0.2) is 0 Å². The van der Waals surface area contributed by atoms with Crippen LogP contribution in [0, 0.1) is 11.3 Å². The van der Waals surface area contributed by atoms with Crippen molar-refractivity contribution in [1.29, 1.82) is 0 Å². The lowest BCUT2D eigenvalue weighted by molar-refractivity contribution is -0.122. The summed E-state index contributed by atoms with van der Waals surface area (Å²) in [6, 6.07) is 0. The summed E-state index contributed by atoms with van der Waals surface area (Å²) < 4.78 is 0. The molecule has 0 saturated heterocycles. The van der Waals surface area contributed by atoms with E-state index in [-0.39, 0.29) is 5.91 Å². The third-order valence-corrected chi connectivity index (χ3v) is 4.27. The summed E-state index contributed by atoms with van der Waals surface area (Å²) in [5, 5.41) is 3.16. The zero-order valence-electron chi connectivity index (χ0n) is 12.8. The fourth-order valence-electron chi connectivity index (χ4n) is 3.15. The topological polar surface area (TPSA) is 55.1 Å². The van der Waals surface area contributed by atoms with Crippen molar-refractivity contribution in [1.82, 2.24) is 5.32 Å². The maximum absolute atomic E-state index is 11.8. The molecular weight excluding hydrogens is 236 g/mol. The maximum atomic E-state index is 11.8. The highest BCUT2D eigenvalue weighted by Crippen LogP contribution is 2.45. The molecule has 0 aromatic rings. The van der Waals surface area contributed by atoms with E-state index in [1.165, 1.54) is 25.7 Å². The average molecular weight is 268 g/mol. The molecule has 1 fully saturated rings. The molecule has 112 valence electrons. The van der Waals surface area contributed by atoms with Crippen LogP contribution in [-0.2, 0) is 4.79 Å². The quantitative estimate of drug-likeness (QED) is 0.598. The van der Waals surface area contributed by atoms with Gasteiger partial charge in [-0.1, -0.05) is 33.1 Å². The van der Waals surface area contributed by atoms with E-state index < -0.39 is 0 Å². The number of carbonyl (C=O) groups is 1. The summed E-state index contributed by atoms with van der Waals surface area (Å²) in [5.74, 6) is 0.969. The first-order chi connectivity index (χ1) is 9.08. The van der Waals surface area contributed by atoms with Gasteiger partial charge in [-0.3, -0.25) is 4.79 Å². The number of unbranched alkanes of at least 4 members (excludes halogenated alkanes) is 3. The zero-order valence-corrected chi connectivity index (χ0v) is 12.8. The molecule has 3 N–H and O–H groups in total. The molecule has 3 nitrogen and oxygen atoms in total.